The molecule has 0 bridgehead atoms. The molecule has 0 N–H and O–H groups in total. The normalized spacial score (nSPS) is 16.7. The second-order valence-electron chi connectivity index (χ2n) is 13.2. The van der Waals surface area contributed by atoms with Gasteiger partial charge in [-0.2, -0.15) is 4.98 Å². The molecule has 1 aliphatic rings. The predicted octanol–water partition coefficient (Wildman–Crippen LogP) is 5.01. The summed E-state index contributed by atoms with van der Waals surface area (Å²) in [5.41, 5.74) is 4.55. The summed E-state index contributed by atoms with van der Waals surface area (Å²) in [5, 5.41) is 1.61. The van der Waals surface area contributed by atoms with Crippen LogP contribution in [0.2, 0.25) is 0 Å². The molecule has 1 amide bonds. The van der Waals surface area contributed by atoms with E-state index in [4.69, 9.17) is 9.97 Å². The summed E-state index contributed by atoms with van der Waals surface area (Å²) >= 11 is 0. The molecule has 46 heavy (non-hydrogen) atoms. The maximum absolute atomic E-state index is 16.5. The van der Waals surface area contributed by atoms with Crippen molar-refractivity contribution in [3.05, 3.63) is 99.8 Å². The van der Waals surface area contributed by atoms with Crippen LogP contribution in [0.4, 0.5) is 10.2 Å². The van der Waals surface area contributed by atoms with Crippen molar-refractivity contribution in [2.45, 2.75) is 65.5 Å². The predicted molar refractivity (Wildman–Crippen MR) is 192 cm³/mol. The van der Waals surface area contributed by atoms with Crippen molar-refractivity contribution in [1.29, 1.82) is 0 Å². The van der Waals surface area contributed by atoms with Crippen LogP contribution in [-0.4, -0.2) is 66.2 Å². The standard InChI is InChI=1S/C36H42B2FN5O2/c1-8-32(45)42-18-22(6)43(23(7)19-42)35-28-16-29(39)27(26-12-10-9-11-24(26)15-31(37)38)17-30(28)44(36(46)41-35)34-25(20(2)3)13-14-40-33(34)21(4)5/h8-17,20-23H,1,18-19,37-38H2,2-7H3/t22-,23-/m0/s1. The molecule has 0 unspecified atom stereocenters. The van der Waals surface area contributed by atoms with Crippen molar-refractivity contribution >= 4 is 44.4 Å². The van der Waals surface area contributed by atoms with Crippen LogP contribution in [0.1, 0.15) is 70.2 Å². The van der Waals surface area contributed by atoms with Crippen LogP contribution in [0.3, 0.4) is 0 Å². The van der Waals surface area contributed by atoms with Gasteiger partial charge in [0, 0.05) is 42.3 Å². The number of piperazine rings is 1. The van der Waals surface area contributed by atoms with Gasteiger partial charge in [-0.05, 0) is 66.6 Å². The zero-order chi connectivity index (χ0) is 33.4. The summed E-state index contributed by atoms with van der Waals surface area (Å²) in [6.45, 7) is 16.8. The van der Waals surface area contributed by atoms with E-state index in [0.717, 1.165) is 27.8 Å². The first-order valence-corrected chi connectivity index (χ1v) is 16.0. The van der Waals surface area contributed by atoms with Crippen LogP contribution >= 0.6 is 0 Å². The second kappa shape index (κ2) is 13.1. The van der Waals surface area contributed by atoms with Crippen LogP contribution in [0.5, 0.6) is 0 Å². The van der Waals surface area contributed by atoms with E-state index >= 15 is 4.39 Å². The van der Waals surface area contributed by atoms with E-state index in [1.54, 1.807) is 21.7 Å². The van der Waals surface area contributed by atoms with Gasteiger partial charge in [0.1, 0.15) is 27.3 Å². The summed E-state index contributed by atoms with van der Waals surface area (Å²) in [5.74, 6) is -0.0343. The van der Waals surface area contributed by atoms with Gasteiger partial charge in [-0.15, -0.1) is 5.37 Å². The van der Waals surface area contributed by atoms with Gasteiger partial charge in [0.25, 0.3) is 0 Å². The maximum Gasteiger partial charge on any atom is 0.354 e. The van der Waals surface area contributed by atoms with Crippen LogP contribution < -0.4 is 10.6 Å². The lowest BCUT2D eigenvalue weighted by molar-refractivity contribution is -0.127. The molecule has 2 aromatic heterocycles. The Bertz CT molecular complexity index is 1880. The molecule has 0 radical (unpaired) electrons. The Kier molecular flexibility index (Phi) is 9.38. The minimum atomic E-state index is -0.460. The van der Waals surface area contributed by atoms with Gasteiger partial charge >= 0.3 is 5.69 Å². The number of carbonyl (C=O) groups is 1. The number of pyridine rings is 1. The van der Waals surface area contributed by atoms with Crippen molar-refractivity contribution < 1.29 is 9.18 Å². The molecule has 5 rings (SSSR count). The number of fused-ring (bicyclic) bond motifs is 1. The summed E-state index contributed by atoms with van der Waals surface area (Å²) < 4.78 is 18.1. The van der Waals surface area contributed by atoms with Gasteiger partial charge in [0.15, 0.2) is 0 Å². The van der Waals surface area contributed by atoms with Gasteiger partial charge in [0.05, 0.1) is 16.9 Å². The van der Waals surface area contributed by atoms with Crippen molar-refractivity contribution in [2.24, 2.45) is 0 Å². The number of hydrogen-bond acceptors (Lipinski definition) is 5. The fourth-order valence-corrected chi connectivity index (χ4v) is 6.70. The molecular weight excluding hydrogens is 575 g/mol. The molecule has 2 atom stereocenters. The van der Waals surface area contributed by atoms with Gasteiger partial charge in [-0.25, -0.2) is 9.18 Å². The Morgan fingerprint density at radius 1 is 1.02 bits per heavy atom. The molecule has 1 aliphatic heterocycles. The molecular formula is C36H42B2FN5O2. The Balaban J connectivity index is 1.89. The Morgan fingerprint density at radius 3 is 2.30 bits per heavy atom. The van der Waals surface area contributed by atoms with E-state index in [9.17, 15) is 9.59 Å². The SMILES string of the molecule is BC(B)=Cc1ccccc1-c1cc2c(cc1F)c(N1[C@@H](C)CN(C(=O)C=C)C[C@@H]1C)nc(=O)n2-c1c(C(C)C)ccnc1C(C)C. The largest absolute Gasteiger partial charge is 0.354 e. The first-order valence-electron chi connectivity index (χ1n) is 16.0. The lowest BCUT2D eigenvalue weighted by Crippen LogP contribution is -2.58. The molecule has 1 saturated heterocycles. The number of halogens is 1. The Morgan fingerprint density at radius 2 is 1.70 bits per heavy atom. The van der Waals surface area contributed by atoms with E-state index in [-0.39, 0.29) is 29.8 Å². The second-order valence-corrected chi connectivity index (χ2v) is 13.2. The van der Waals surface area contributed by atoms with Gasteiger partial charge < -0.3 is 9.80 Å². The van der Waals surface area contributed by atoms with Crippen LogP contribution in [0.25, 0.3) is 33.8 Å². The van der Waals surface area contributed by atoms with Crippen molar-refractivity contribution in [3.8, 4) is 16.8 Å². The number of amides is 1. The third kappa shape index (κ3) is 6.05. The summed E-state index contributed by atoms with van der Waals surface area (Å²) in [7, 11) is 4.02. The molecule has 0 aliphatic carbocycles. The molecule has 236 valence electrons. The van der Waals surface area contributed by atoms with Crippen molar-refractivity contribution in [1.82, 2.24) is 19.4 Å². The number of nitrogens with zero attached hydrogens (tertiary/aromatic N) is 5. The number of anilines is 1. The van der Waals surface area contributed by atoms with E-state index < -0.39 is 11.5 Å². The van der Waals surface area contributed by atoms with E-state index in [0.29, 0.717) is 41.1 Å². The highest BCUT2D eigenvalue weighted by molar-refractivity contribution is 6.50. The summed E-state index contributed by atoms with van der Waals surface area (Å²) in [4.78, 5) is 40.2. The minimum absolute atomic E-state index is 0.0177. The van der Waals surface area contributed by atoms with Crippen LogP contribution in [0.15, 0.2) is 71.5 Å². The Hall–Kier alpha value is -4.46. The lowest BCUT2D eigenvalue weighted by Gasteiger charge is -2.45. The molecule has 7 nitrogen and oxygen atoms in total. The number of hydrogen-bond donors (Lipinski definition) is 0. The maximum atomic E-state index is 16.5. The molecule has 3 heterocycles. The van der Waals surface area contributed by atoms with Gasteiger partial charge in [-0.3, -0.25) is 14.3 Å². The fraction of sp³-hybridized carbons (Fsp3) is 0.333. The molecule has 1 fully saturated rings. The first kappa shape index (κ1) is 32.9. The third-order valence-electron chi connectivity index (χ3n) is 8.68. The van der Waals surface area contributed by atoms with E-state index in [1.807, 2.05) is 70.8 Å². The van der Waals surface area contributed by atoms with Crippen LogP contribution in [-0.2, 0) is 4.79 Å². The highest BCUT2D eigenvalue weighted by atomic mass is 19.1. The molecule has 10 heteroatoms. The fourth-order valence-electron chi connectivity index (χ4n) is 6.70. The lowest BCUT2D eigenvalue weighted by atomic mass is 9.77. The highest BCUT2D eigenvalue weighted by Crippen LogP contribution is 2.38. The molecule has 0 spiro atoms. The molecule has 4 aromatic rings. The monoisotopic (exact) mass is 617 g/mol. The minimum Gasteiger partial charge on any atom is -0.347 e. The zero-order valence-electron chi connectivity index (χ0n) is 28.1. The quantitative estimate of drug-likeness (QED) is 0.216. The highest BCUT2D eigenvalue weighted by Gasteiger charge is 2.34. The topological polar surface area (TPSA) is 71.3 Å². The average molecular weight is 617 g/mol. The number of benzene rings is 2. The summed E-state index contributed by atoms with van der Waals surface area (Å²) in [6.07, 6.45) is 5.14. The average Bonchev–Trinajstić information content (AvgIpc) is 3.00. The van der Waals surface area contributed by atoms with E-state index in [1.165, 1.54) is 12.1 Å². The number of aromatic nitrogens is 3. The van der Waals surface area contributed by atoms with Crippen molar-refractivity contribution in [3.63, 3.8) is 0 Å². The summed E-state index contributed by atoms with van der Waals surface area (Å²) in [6, 6.07) is 12.6. The van der Waals surface area contributed by atoms with Crippen molar-refractivity contribution in [2.75, 3.05) is 18.0 Å². The molecule has 2 aromatic carbocycles. The van der Waals surface area contributed by atoms with Gasteiger partial charge in [-0.1, -0.05) is 64.6 Å². The number of rotatable bonds is 7. The third-order valence-corrected chi connectivity index (χ3v) is 8.68. The smallest absolute Gasteiger partial charge is 0.347 e. The zero-order valence-corrected chi connectivity index (χ0v) is 28.1. The molecule has 0 saturated carbocycles. The number of carbonyl (C=O) groups excluding carboxylic acids is 1. The Labute approximate surface area is 272 Å². The van der Waals surface area contributed by atoms with E-state index in [2.05, 4.69) is 34.3 Å². The van der Waals surface area contributed by atoms with Crippen LogP contribution in [0, 0.1) is 5.82 Å². The van der Waals surface area contributed by atoms with Gasteiger partial charge in [0.2, 0.25) is 5.91 Å². The first-order chi connectivity index (χ1) is 21.8.